The zero-order chi connectivity index (χ0) is 46.3. The second kappa shape index (κ2) is 22.6. The lowest BCUT2D eigenvalue weighted by molar-refractivity contribution is -0.193. The van der Waals surface area contributed by atoms with Gasteiger partial charge < -0.3 is 39.8 Å². The number of carboxylic acid groups (broad SMARTS) is 2. The summed E-state index contributed by atoms with van der Waals surface area (Å²) in [5, 5.41) is 22.0. The number of rotatable bonds is 9. The van der Waals surface area contributed by atoms with Gasteiger partial charge in [-0.2, -0.15) is 31.4 Å². The van der Waals surface area contributed by atoms with Crippen LogP contribution in [0.2, 0.25) is 0 Å². The maximum absolute atomic E-state index is 15.0. The monoisotopic (exact) mass is 876 g/mol. The van der Waals surface area contributed by atoms with Gasteiger partial charge in [-0.1, -0.05) is 53.7 Å². The number of anilines is 3. The number of aldehydes is 1. The molecule has 3 N–H and O–H groups in total. The molecule has 0 unspecified atom stereocenters. The van der Waals surface area contributed by atoms with Crippen LogP contribution in [0.4, 0.5) is 47.9 Å². The second-order valence-electron chi connectivity index (χ2n) is 16.6. The first kappa shape index (κ1) is 51.9. The van der Waals surface area contributed by atoms with Crippen LogP contribution in [-0.4, -0.2) is 112 Å². The summed E-state index contributed by atoms with van der Waals surface area (Å²) in [6.45, 7) is 20.2. The van der Waals surface area contributed by atoms with Crippen LogP contribution in [0.3, 0.4) is 0 Å². The predicted octanol–water partition coefficient (Wildman–Crippen LogP) is 8.17. The van der Waals surface area contributed by atoms with E-state index in [4.69, 9.17) is 24.5 Å². The Kier molecular flexibility index (Phi) is 19.2. The highest BCUT2D eigenvalue weighted by Crippen LogP contribution is 2.36. The van der Waals surface area contributed by atoms with Crippen molar-refractivity contribution in [3.05, 3.63) is 65.6 Å². The summed E-state index contributed by atoms with van der Waals surface area (Å²) < 4.78 is 86.0. The lowest BCUT2D eigenvalue weighted by atomic mass is 9.92. The molecule has 0 radical (unpaired) electrons. The molecule has 3 aromatic rings. The first-order valence-electron chi connectivity index (χ1n) is 19.2. The molecule has 1 amide bonds. The number of aliphatic carboxylic acids is 2. The minimum absolute atomic E-state index is 0.177. The highest BCUT2D eigenvalue weighted by molar-refractivity contribution is 6.08. The number of hydrogen-bond donors (Lipinski definition) is 3. The Morgan fingerprint density at radius 1 is 0.836 bits per heavy atom. The van der Waals surface area contributed by atoms with Crippen molar-refractivity contribution in [2.45, 2.75) is 79.7 Å². The van der Waals surface area contributed by atoms with Gasteiger partial charge in [0.15, 0.2) is 11.6 Å². The number of halogens is 7. The number of amides is 1. The maximum Gasteiger partial charge on any atom is 0.490 e. The van der Waals surface area contributed by atoms with Gasteiger partial charge >= 0.3 is 24.3 Å². The van der Waals surface area contributed by atoms with Crippen LogP contribution in [0.1, 0.15) is 76.7 Å². The lowest BCUT2D eigenvalue weighted by Crippen LogP contribution is -2.47. The van der Waals surface area contributed by atoms with Gasteiger partial charge in [-0.05, 0) is 60.5 Å². The second-order valence-corrected chi connectivity index (χ2v) is 16.6. The molecule has 1 saturated heterocycles. The quantitative estimate of drug-likeness (QED) is 0.108. The van der Waals surface area contributed by atoms with Crippen molar-refractivity contribution in [1.82, 2.24) is 19.6 Å². The van der Waals surface area contributed by atoms with Gasteiger partial charge in [0.2, 0.25) is 0 Å². The van der Waals surface area contributed by atoms with E-state index in [9.17, 15) is 35.9 Å². The van der Waals surface area contributed by atoms with E-state index in [2.05, 4.69) is 41.0 Å². The van der Waals surface area contributed by atoms with Gasteiger partial charge in [-0.25, -0.2) is 14.0 Å². The molecule has 1 fully saturated rings. The minimum Gasteiger partial charge on any atom is -0.490 e. The largest absolute Gasteiger partial charge is 0.490 e. The van der Waals surface area contributed by atoms with Crippen LogP contribution in [0.15, 0.2) is 48.7 Å². The van der Waals surface area contributed by atoms with E-state index in [1.807, 2.05) is 52.1 Å². The fraction of sp³-hybridized carbons (Fsp3) is 0.537. The van der Waals surface area contributed by atoms with E-state index < -0.39 is 30.1 Å². The van der Waals surface area contributed by atoms with E-state index in [1.165, 1.54) is 12.5 Å². The van der Waals surface area contributed by atoms with E-state index in [0.717, 1.165) is 74.7 Å². The zero-order valence-electron chi connectivity index (χ0n) is 35.3. The average molecular weight is 877 g/mol. The van der Waals surface area contributed by atoms with Crippen molar-refractivity contribution >= 4 is 41.3 Å². The van der Waals surface area contributed by atoms with E-state index >= 15 is 4.39 Å². The average Bonchev–Trinajstić information content (AvgIpc) is 3.39. The smallest absolute Gasteiger partial charge is 0.490 e. The number of carbonyl (C=O) groups is 4. The fourth-order valence-corrected chi connectivity index (χ4v) is 5.50. The number of para-hydroxylation sites is 2. The number of ether oxygens (including phenoxy) is 1. The molecule has 340 valence electrons. The normalized spacial score (nSPS) is 14.5. The lowest BCUT2D eigenvalue weighted by Gasteiger charge is -2.35. The number of aryl methyl sites for hydroxylation is 1. The Hall–Kier alpha value is -5.24. The van der Waals surface area contributed by atoms with Crippen molar-refractivity contribution in [3.8, 4) is 5.75 Å². The molecule has 0 saturated carbocycles. The predicted molar refractivity (Wildman–Crippen MR) is 214 cm³/mol. The standard InChI is InChI=1S/C31H41FN6O2.C6H12O.2C2HF3O2/c1-31(2,3)12-14-37-17-15-36(16-18-37)13-7-19-40-28-11-10-23(20-25(28)32)30(39)38-22-24-21-33-35(4)29(24)34-26-8-5-6-9-27(26)38;1-6(2,3)4-5-7;2*3-2(4,5)1(6)7/h5-6,8-11,20-21,34H,7,12-19,22H2,1-4H3;5H,4H2,1-3H3;2*(H,6,7). The Morgan fingerprint density at radius 3 is 1.85 bits per heavy atom. The highest BCUT2D eigenvalue weighted by Gasteiger charge is 2.39. The first-order valence-corrected chi connectivity index (χ1v) is 19.2. The van der Waals surface area contributed by atoms with Gasteiger partial charge in [0, 0.05) is 57.3 Å². The Labute approximate surface area is 350 Å². The summed E-state index contributed by atoms with van der Waals surface area (Å²) in [4.78, 5) is 47.9. The molecule has 1 aromatic heterocycles. The van der Waals surface area contributed by atoms with Crippen LogP contribution in [0.25, 0.3) is 0 Å². The molecule has 2 aliphatic heterocycles. The molecule has 0 spiro atoms. The van der Waals surface area contributed by atoms with Gasteiger partial charge in [-0.15, -0.1) is 0 Å². The van der Waals surface area contributed by atoms with Crippen LogP contribution < -0.4 is 15.0 Å². The number of alkyl halides is 6. The van der Waals surface area contributed by atoms with Crippen molar-refractivity contribution in [1.29, 1.82) is 0 Å². The third-order valence-electron chi connectivity index (χ3n) is 8.91. The molecular formula is C41H55F7N6O7. The molecule has 5 rings (SSSR count). The van der Waals surface area contributed by atoms with E-state index in [-0.39, 0.29) is 22.6 Å². The molecule has 0 bridgehead atoms. The third kappa shape index (κ3) is 18.5. The summed E-state index contributed by atoms with van der Waals surface area (Å²) >= 11 is 0. The number of nitrogens with one attached hydrogen (secondary N) is 1. The number of fused-ring (bicyclic) bond motifs is 2. The van der Waals surface area contributed by atoms with Gasteiger partial charge in [0.25, 0.3) is 5.91 Å². The summed E-state index contributed by atoms with van der Waals surface area (Å²) in [6.07, 6.45) is -4.76. The topological polar surface area (TPSA) is 158 Å². The summed E-state index contributed by atoms with van der Waals surface area (Å²) in [5.41, 5.74) is 3.25. The molecule has 2 aromatic carbocycles. The van der Waals surface area contributed by atoms with Crippen LogP contribution in [-0.2, 0) is 28.0 Å². The van der Waals surface area contributed by atoms with Gasteiger partial charge in [-0.3, -0.25) is 9.48 Å². The van der Waals surface area contributed by atoms with E-state index in [1.54, 1.807) is 27.9 Å². The number of nitrogens with zero attached hydrogens (tertiary/aromatic N) is 5. The van der Waals surface area contributed by atoms with Crippen molar-refractivity contribution in [2.24, 2.45) is 17.9 Å². The van der Waals surface area contributed by atoms with Crippen LogP contribution >= 0.6 is 0 Å². The number of carboxylic acids is 2. The number of benzene rings is 2. The van der Waals surface area contributed by atoms with Crippen LogP contribution in [0, 0.1) is 16.6 Å². The summed E-state index contributed by atoms with van der Waals surface area (Å²) in [5.74, 6) is -5.31. The third-order valence-corrected chi connectivity index (χ3v) is 8.91. The van der Waals surface area contributed by atoms with Gasteiger partial charge in [0.1, 0.15) is 12.1 Å². The molecule has 20 heteroatoms. The van der Waals surface area contributed by atoms with Crippen molar-refractivity contribution in [3.63, 3.8) is 0 Å². The number of aromatic nitrogens is 2. The highest BCUT2D eigenvalue weighted by atomic mass is 19.4. The molecule has 61 heavy (non-hydrogen) atoms. The number of carbonyl (C=O) groups excluding carboxylic acids is 2. The maximum atomic E-state index is 15.0. The van der Waals surface area contributed by atoms with E-state index in [0.29, 0.717) is 25.0 Å². The SMILES string of the molecule is CC(C)(C)CC=O.Cn1ncc2c1Nc1ccccc1N(C(=O)c1ccc(OCCCN3CCN(CCC(C)(C)C)CC3)c(F)c1)C2.O=C(O)C(F)(F)F.O=C(O)C(F)(F)F. The van der Waals surface area contributed by atoms with Crippen molar-refractivity contribution < 1.29 is 64.9 Å². The zero-order valence-corrected chi connectivity index (χ0v) is 35.3. The van der Waals surface area contributed by atoms with Crippen LogP contribution in [0.5, 0.6) is 5.75 Å². The minimum atomic E-state index is -5.08. The molecular weight excluding hydrogens is 821 g/mol. The molecule has 3 heterocycles. The Morgan fingerprint density at radius 2 is 1.38 bits per heavy atom. The van der Waals surface area contributed by atoms with Crippen molar-refractivity contribution in [2.75, 3.05) is 56.1 Å². The molecule has 13 nitrogen and oxygen atoms in total. The summed E-state index contributed by atoms with van der Waals surface area (Å²) in [7, 11) is 1.86. The Bertz CT molecular complexity index is 1870. The Balaban J connectivity index is 0.000000502. The molecule has 0 atom stereocenters. The number of hydrogen-bond acceptors (Lipinski definition) is 9. The molecule has 0 aliphatic carbocycles. The fourth-order valence-electron chi connectivity index (χ4n) is 5.50. The van der Waals surface area contributed by atoms with Gasteiger partial charge in [0.05, 0.1) is 30.7 Å². The first-order chi connectivity index (χ1) is 28.1. The number of piperazine rings is 1. The summed E-state index contributed by atoms with van der Waals surface area (Å²) in [6, 6.07) is 12.1. The molecule has 2 aliphatic rings.